The second kappa shape index (κ2) is 4.73. The predicted octanol–water partition coefficient (Wildman–Crippen LogP) is 1.19. The van der Waals surface area contributed by atoms with Gasteiger partial charge in [-0.15, -0.1) is 0 Å². The van der Waals surface area contributed by atoms with Crippen LogP contribution in [0.15, 0.2) is 23.2 Å². The molecule has 0 fully saturated rings. The zero-order chi connectivity index (χ0) is 15.1. The van der Waals surface area contributed by atoms with Crippen LogP contribution < -0.4 is 11.5 Å². The lowest BCUT2D eigenvalue weighted by Gasteiger charge is -2.25. The van der Waals surface area contributed by atoms with Gasteiger partial charge in [0.05, 0.1) is 11.3 Å². The highest BCUT2D eigenvalue weighted by atomic mass is 32.2. The van der Waals surface area contributed by atoms with Crippen molar-refractivity contribution in [3.63, 3.8) is 0 Å². The van der Waals surface area contributed by atoms with Crippen molar-refractivity contribution in [1.29, 1.82) is 0 Å². The summed E-state index contributed by atoms with van der Waals surface area (Å²) in [5, 5.41) is -0.853. The highest BCUT2D eigenvalue weighted by Gasteiger charge is 2.37. The molecule has 4 N–H and O–H groups in total. The van der Waals surface area contributed by atoms with Crippen molar-refractivity contribution in [2.45, 2.75) is 31.1 Å². The first-order valence-corrected chi connectivity index (χ1v) is 7.99. The van der Waals surface area contributed by atoms with Crippen LogP contribution in [0.3, 0.4) is 0 Å². The summed E-state index contributed by atoms with van der Waals surface area (Å²) in [6.07, 6.45) is 0.167. The van der Waals surface area contributed by atoms with E-state index in [0.29, 0.717) is 5.69 Å². The van der Waals surface area contributed by atoms with E-state index < -0.39 is 26.4 Å². The summed E-state index contributed by atoms with van der Waals surface area (Å²) in [5.74, 6) is -0.555. The molecular formula is C13H18FN3O2S. The molecular weight excluding hydrogens is 281 g/mol. The second-order valence-corrected chi connectivity index (χ2v) is 7.75. The lowest BCUT2D eigenvalue weighted by Crippen LogP contribution is -2.33. The number of aliphatic imine (C=N–C) groups is 1. The first kappa shape index (κ1) is 14.8. The molecule has 2 atom stereocenters. The van der Waals surface area contributed by atoms with Gasteiger partial charge in [0, 0.05) is 11.3 Å². The molecule has 1 aliphatic rings. The van der Waals surface area contributed by atoms with Gasteiger partial charge in [0.15, 0.2) is 9.84 Å². The average Bonchev–Trinajstić information content (AvgIpc) is 2.44. The summed E-state index contributed by atoms with van der Waals surface area (Å²) in [4.78, 5) is 4.28. The zero-order valence-electron chi connectivity index (χ0n) is 11.4. The lowest BCUT2D eigenvalue weighted by molar-refractivity contribution is 0.450. The minimum Gasteiger partial charge on any atom is -0.399 e. The van der Waals surface area contributed by atoms with E-state index in [0.717, 1.165) is 0 Å². The number of nitrogens with two attached hydrogens (primary N) is 2. The zero-order valence-corrected chi connectivity index (χ0v) is 12.2. The summed E-state index contributed by atoms with van der Waals surface area (Å²) in [7, 11) is -3.36. The third kappa shape index (κ3) is 2.49. The molecule has 1 heterocycles. The number of rotatable bonds is 1. The van der Waals surface area contributed by atoms with E-state index >= 15 is 0 Å². The maximum Gasteiger partial charge on any atom is 0.160 e. The largest absolute Gasteiger partial charge is 0.399 e. The van der Waals surface area contributed by atoms with Crippen molar-refractivity contribution in [3.05, 3.63) is 29.6 Å². The number of amidine groups is 1. The third-order valence-electron chi connectivity index (χ3n) is 3.78. The summed E-state index contributed by atoms with van der Waals surface area (Å²) in [6.45, 7) is 3.17. The molecule has 0 aromatic heterocycles. The molecule has 0 saturated carbocycles. The molecule has 0 spiro atoms. The van der Waals surface area contributed by atoms with Crippen LogP contribution >= 0.6 is 0 Å². The van der Waals surface area contributed by atoms with E-state index in [9.17, 15) is 12.8 Å². The van der Waals surface area contributed by atoms with Crippen LogP contribution in [0.25, 0.3) is 0 Å². The van der Waals surface area contributed by atoms with Gasteiger partial charge in [-0.2, -0.15) is 0 Å². The molecule has 0 amide bonds. The first-order chi connectivity index (χ1) is 9.16. The number of benzene rings is 1. The molecule has 20 heavy (non-hydrogen) atoms. The number of hydrogen-bond donors (Lipinski definition) is 2. The fourth-order valence-electron chi connectivity index (χ4n) is 2.28. The summed E-state index contributed by atoms with van der Waals surface area (Å²) >= 11 is 0. The Balaban J connectivity index is 2.58. The molecule has 7 heteroatoms. The molecule has 2 rings (SSSR count). The number of anilines is 1. The second-order valence-electron chi connectivity index (χ2n) is 5.31. The van der Waals surface area contributed by atoms with Crippen LogP contribution in [0.2, 0.25) is 0 Å². The first-order valence-electron chi connectivity index (χ1n) is 6.28. The fourth-order valence-corrected chi connectivity index (χ4v) is 3.74. The Morgan fingerprint density at radius 2 is 2.05 bits per heavy atom. The Bertz CT molecular complexity index is 672. The van der Waals surface area contributed by atoms with Gasteiger partial charge in [-0.3, -0.25) is 4.99 Å². The number of nitrogen functional groups attached to an aromatic ring is 1. The molecule has 1 unspecified atom stereocenters. The van der Waals surface area contributed by atoms with E-state index in [1.807, 2.05) is 0 Å². The van der Waals surface area contributed by atoms with Crippen LogP contribution in [0, 0.1) is 5.82 Å². The van der Waals surface area contributed by atoms with E-state index in [4.69, 9.17) is 11.5 Å². The van der Waals surface area contributed by atoms with Gasteiger partial charge in [-0.1, -0.05) is 0 Å². The fraction of sp³-hybridized carbons (Fsp3) is 0.462. The summed E-state index contributed by atoms with van der Waals surface area (Å²) in [6, 6.07) is 4.19. The van der Waals surface area contributed by atoms with Crippen molar-refractivity contribution in [2.24, 2.45) is 10.7 Å². The molecule has 1 aromatic carbocycles. The van der Waals surface area contributed by atoms with Crippen molar-refractivity contribution >= 4 is 21.4 Å². The normalized spacial score (nSPS) is 29.6. The highest BCUT2D eigenvalue weighted by molar-refractivity contribution is 7.92. The van der Waals surface area contributed by atoms with Crippen molar-refractivity contribution < 1.29 is 12.8 Å². The number of nitrogens with zero attached hydrogens (tertiary/aromatic N) is 1. The van der Waals surface area contributed by atoms with Gasteiger partial charge in [0.2, 0.25) is 0 Å². The van der Waals surface area contributed by atoms with Crippen LogP contribution in [0.4, 0.5) is 10.1 Å². The minimum atomic E-state index is -3.36. The molecule has 5 nitrogen and oxygen atoms in total. The Hall–Kier alpha value is -1.63. The van der Waals surface area contributed by atoms with Crippen LogP contribution in [-0.2, 0) is 15.4 Å². The number of hydrogen-bond acceptors (Lipinski definition) is 5. The quantitative estimate of drug-likeness (QED) is 0.761. The standard InChI is InChI=1S/C13H18FN3O2S/c1-8-12(16)17-13(2,5-6-20(8,18)19)10-7-9(15)3-4-11(10)14/h3-4,7-8H,5-6,15H2,1-2H3,(H2,16,17)/t8-,13?/m0/s1. The molecule has 0 bridgehead atoms. The van der Waals surface area contributed by atoms with Crippen LogP contribution in [0.5, 0.6) is 0 Å². The molecule has 1 aromatic rings. The molecule has 1 aliphatic heterocycles. The number of sulfone groups is 1. The molecule has 0 saturated heterocycles. The molecule has 0 aliphatic carbocycles. The third-order valence-corrected chi connectivity index (χ3v) is 5.87. The molecule has 0 radical (unpaired) electrons. The maximum atomic E-state index is 14.0. The van der Waals surface area contributed by atoms with E-state index in [-0.39, 0.29) is 23.6 Å². The predicted molar refractivity (Wildman–Crippen MR) is 77.7 cm³/mol. The van der Waals surface area contributed by atoms with Gasteiger partial charge in [0.1, 0.15) is 16.9 Å². The average molecular weight is 299 g/mol. The van der Waals surface area contributed by atoms with Crippen LogP contribution in [0.1, 0.15) is 25.8 Å². The van der Waals surface area contributed by atoms with Crippen molar-refractivity contribution in [1.82, 2.24) is 0 Å². The van der Waals surface area contributed by atoms with Gasteiger partial charge in [0.25, 0.3) is 0 Å². The van der Waals surface area contributed by atoms with Gasteiger partial charge in [-0.25, -0.2) is 12.8 Å². The Kier molecular flexibility index (Phi) is 3.49. The molecule has 110 valence electrons. The summed E-state index contributed by atoms with van der Waals surface area (Å²) < 4.78 is 38.0. The Labute approximate surface area is 117 Å². The van der Waals surface area contributed by atoms with Gasteiger partial charge < -0.3 is 11.5 Å². The lowest BCUT2D eigenvalue weighted by atomic mass is 9.89. The topological polar surface area (TPSA) is 98.5 Å². The van der Waals surface area contributed by atoms with Gasteiger partial charge >= 0.3 is 0 Å². The minimum absolute atomic E-state index is 0.00632. The monoisotopic (exact) mass is 299 g/mol. The SMILES string of the molecule is C[C@H]1C(N)=NC(C)(c2cc(N)ccc2F)CCS1(=O)=O. The maximum absolute atomic E-state index is 14.0. The van der Waals surface area contributed by atoms with Gasteiger partial charge in [-0.05, 0) is 38.5 Å². The smallest absolute Gasteiger partial charge is 0.160 e. The van der Waals surface area contributed by atoms with E-state index in [2.05, 4.69) is 4.99 Å². The Morgan fingerprint density at radius 1 is 1.40 bits per heavy atom. The van der Waals surface area contributed by atoms with Crippen LogP contribution in [-0.4, -0.2) is 25.3 Å². The van der Waals surface area contributed by atoms with E-state index in [1.165, 1.54) is 25.1 Å². The van der Waals surface area contributed by atoms with Crippen molar-refractivity contribution in [3.8, 4) is 0 Å². The highest BCUT2D eigenvalue weighted by Crippen LogP contribution is 2.35. The van der Waals surface area contributed by atoms with Crippen molar-refractivity contribution in [2.75, 3.05) is 11.5 Å². The Morgan fingerprint density at radius 3 is 2.70 bits per heavy atom. The van der Waals surface area contributed by atoms with E-state index in [1.54, 1.807) is 6.92 Å². The number of halogens is 1. The summed E-state index contributed by atoms with van der Waals surface area (Å²) in [5.41, 5.74) is 11.1.